The van der Waals surface area contributed by atoms with Gasteiger partial charge in [-0.15, -0.1) is 0 Å². The average molecular weight is 408 g/mol. The molecule has 2 atom stereocenters. The Labute approximate surface area is 174 Å². The van der Waals surface area contributed by atoms with Gasteiger partial charge in [-0.2, -0.15) is 0 Å². The molecule has 28 heavy (non-hydrogen) atoms. The summed E-state index contributed by atoms with van der Waals surface area (Å²) in [7, 11) is 1.84. The normalized spacial score (nSPS) is 23.0. The molecule has 156 valence electrons. The van der Waals surface area contributed by atoms with Crippen molar-refractivity contribution in [2.75, 3.05) is 59.5 Å². The van der Waals surface area contributed by atoms with Gasteiger partial charge in [-0.05, 0) is 43.6 Å². The van der Waals surface area contributed by atoms with Gasteiger partial charge >= 0.3 is 0 Å². The van der Waals surface area contributed by atoms with Crippen molar-refractivity contribution in [2.24, 2.45) is 4.99 Å². The van der Waals surface area contributed by atoms with E-state index in [1.807, 2.05) is 19.2 Å². The molecule has 0 aromatic heterocycles. The number of hydrogen-bond donors (Lipinski definition) is 2. The highest BCUT2D eigenvalue weighted by Crippen LogP contribution is 2.23. The van der Waals surface area contributed by atoms with Crippen molar-refractivity contribution in [1.82, 2.24) is 20.4 Å². The molecule has 1 aromatic rings. The summed E-state index contributed by atoms with van der Waals surface area (Å²) in [6.45, 7) is 9.75. The summed E-state index contributed by atoms with van der Waals surface area (Å²) in [6, 6.07) is 9.05. The number of halogens is 1. The van der Waals surface area contributed by atoms with Crippen LogP contribution in [0.4, 0.5) is 0 Å². The van der Waals surface area contributed by atoms with E-state index >= 15 is 0 Å². The number of rotatable bonds is 7. The molecule has 2 aliphatic rings. The predicted molar refractivity (Wildman–Crippen MR) is 116 cm³/mol. The van der Waals surface area contributed by atoms with E-state index in [-0.39, 0.29) is 6.04 Å². The van der Waals surface area contributed by atoms with Crippen LogP contribution in [0, 0.1) is 0 Å². The number of morpholine rings is 1. The maximum Gasteiger partial charge on any atom is 0.191 e. The fraction of sp³-hybridized carbons (Fsp3) is 0.667. The Morgan fingerprint density at radius 2 is 1.96 bits per heavy atom. The van der Waals surface area contributed by atoms with E-state index in [1.54, 1.807) is 0 Å². The molecule has 0 radical (unpaired) electrons. The number of nitrogens with zero attached hydrogens (tertiary/aromatic N) is 3. The largest absolute Gasteiger partial charge is 0.379 e. The van der Waals surface area contributed by atoms with E-state index < -0.39 is 0 Å². The van der Waals surface area contributed by atoms with Crippen LogP contribution in [-0.4, -0.2) is 81.3 Å². The van der Waals surface area contributed by atoms with Gasteiger partial charge in [0.1, 0.15) is 0 Å². The zero-order valence-corrected chi connectivity index (χ0v) is 17.9. The highest BCUT2D eigenvalue weighted by Gasteiger charge is 2.24. The Bertz CT molecular complexity index is 618. The molecule has 1 aromatic carbocycles. The van der Waals surface area contributed by atoms with Crippen LogP contribution in [0.2, 0.25) is 5.02 Å². The molecule has 0 bridgehead atoms. The van der Waals surface area contributed by atoms with Crippen molar-refractivity contribution >= 4 is 17.6 Å². The van der Waals surface area contributed by atoms with Crippen LogP contribution in [0.3, 0.4) is 0 Å². The molecule has 2 heterocycles. The van der Waals surface area contributed by atoms with Crippen LogP contribution in [-0.2, 0) is 4.74 Å². The van der Waals surface area contributed by atoms with Crippen LogP contribution in [0.25, 0.3) is 0 Å². The van der Waals surface area contributed by atoms with Crippen molar-refractivity contribution in [3.8, 4) is 0 Å². The van der Waals surface area contributed by atoms with E-state index in [4.69, 9.17) is 16.3 Å². The highest BCUT2D eigenvalue weighted by atomic mass is 35.5. The minimum atomic E-state index is 0.262. The first-order valence-electron chi connectivity index (χ1n) is 10.5. The van der Waals surface area contributed by atoms with Crippen molar-refractivity contribution < 1.29 is 4.74 Å². The number of guanidine groups is 1. The molecule has 6 nitrogen and oxygen atoms in total. The molecule has 2 fully saturated rings. The molecule has 2 N–H and O–H groups in total. The molecule has 2 unspecified atom stereocenters. The topological polar surface area (TPSA) is 52.1 Å². The van der Waals surface area contributed by atoms with Crippen LogP contribution in [0.1, 0.15) is 31.4 Å². The molecule has 2 aliphatic heterocycles. The quantitative estimate of drug-likeness (QED) is 0.536. The van der Waals surface area contributed by atoms with Gasteiger partial charge in [-0.1, -0.05) is 30.7 Å². The van der Waals surface area contributed by atoms with Crippen molar-refractivity contribution in [3.05, 3.63) is 34.9 Å². The molecule has 0 amide bonds. The summed E-state index contributed by atoms with van der Waals surface area (Å²) < 4.78 is 5.54. The summed E-state index contributed by atoms with van der Waals surface area (Å²) in [5, 5.41) is 7.84. The number of hydrogen-bond acceptors (Lipinski definition) is 4. The second-order valence-electron chi connectivity index (χ2n) is 7.47. The standard InChI is InChI=1S/C21H34ClN5O/c1-3-26-10-4-5-19(26)15-24-21(23-2)25-16-20(27-11-13-28-14-12-27)17-6-8-18(22)9-7-17/h6-9,19-20H,3-5,10-16H2,1-2H3,(H2,23,24,25). The maximum absolute atomic E-state index is 6.10. The predicted octanol–water partition coefficient (Wildman–Crippen LogP) is 2.36. The lowest BCUT2D eigenvalue weighted by molar-refractivity contribution is 0.0170. The van der Waals surface area contributed by atoms with Crippen LogP contribution >= 0.6 is 11.6 Å². The zero-order valence-electron chi connectivity index (χ0n) is 17.2. The minimum Gasteiger partial charge on any atom is -0.379 e. The van der Waals surface area contributed by atoms with Crippen molar-refractivity contribution in [1.29, 1.82) is 0 Å². The lowest BCUT2D eigenvalue weighted by Gasteiger charge is -2.35. The fourth-order valence-corrected chi connectivity index (χ4v) is 4.33. The van der Waals surface area contributed by atoms with Gasteiger partial charge in [0.2, 0.25) is 0 Å². The van der Waals surface area contributed by atoms with E-state index in [0.29, 0.717) is 6.04 Å². The van der Waals surface area contributed by atoms with Crippen LogP contribution in [0.5, 0.6) is 0 Å². The van der Waals surface area contributed by atoms with Gasteiger partial charge in [-0.3, -0.25) is 14.8 Å². The third kappa shape index (κ3) is 5.83. The number of aliphatic imine (C=N–C) groups is 1. The third-order valence-electron chi connectivity index (χ3n) is 5.84. The number of likely N-dealkylation sites (tertiary alicyclic amines) is 1. The Balaban J connectivity index is 1.58. The second-order valence-corrected chi connectivity index (χ2v) is 7.91. The first-order chi connectivity index (χ1) is 13.7. The Kier molecular flexibility index (Phi) is 8.40. The molecular weight excluding hydrogens is 374 g/mol. The van der Waals surface area contributed by atoms with Crippen LogP contribution < -0.4 is 10.6 Å². The monoisotopic (exact) mass is 407 g/mol. The van der Waals surface area contributed by atoms with Gasteiger partial charge in [0.05, 0.1) is 19.3 Å². The average Bonchev–Trinajstić information content (AvgIpc) is 3.20. The van der Waals surface area contributed by atoms with Gasteiger partial charge in [0.25, 0.3) is 0 Å². The summed E-state index contributed by atoms with van der Waals surface area (Å²) in [5.41, 5.74) is 1.27. The van der Waals surface area contributed by atoms with Gasteiger partial charge in [-0.25, -0.2) is 0 Å². The lowest BCUT2D eigenvalue weighted by Crippen LogP contribution is -2.48. The first-order valence-corrected chi connectivity index (χ1v) is 10.8. The molecule has 2 saturated heterocycles. The van der Waals surface area contributed by atoms with Crippen LogP contribution in [0.15, 0.2) is 29.3 Å². The molecule has 0 aliphatic carbocycles. The number of nitrogens with one attached hydrogen (secondary N) is 2. The third-order valence-corrected chi connectivity index (χ3v) is 6.09. The Hall–Kier alpha value is -1.34. The van der Waals surface area contributed by atoms with E-state index in [2.05, 4.69) is 44.5 Å². The Morgan fingerprint density at radius 3 is 2.64 bits per heavy atom. The van der Waals surface area contributed by atoms with Gasteiger partial charge < -0.3 is 15.4 Å². The molecule has 7 heteroatoms. The van der Waals surface area contributed by atoms with E-state index in [0.717, 1.165) is 56.9 Å². The van der Waals surface area contributed by atoms with E-state index in [9.17, 15) is 0 Å². The fourth-order valence-electron chi connectivity index (χ4n) is 4.20. The minimum absolute atomic E-state index is 0.262. The first kappa shape index (κ1) is 21.4. The number of ether oxygens (including phenoxy) is 1. The summed E-state index contributed by atoms with van der Waals surface area (Å²) >= 11 is 6.10. The number of likely N-dealkylation sites (N-methyl/N-ethyl adjacent to an activating group) is 1. The van der Waals surface area contributed by atoms with Crippen molar-refractivity contribution in [2.45, 2.75) is 31.8 Å². The smallest absolute Gasteiger partial charge is 0.191 e. The van der Waals surface area contributed by atoms with E-state index in [1.165, 1.54) is 24.9 Å². The molecule has 0 saturated carbocycles. The molecule has 0 spiro atoms. The van der Waals surface area contributed by atoms with Gasteiger partial charge in [0, 0.05) is 44.3 Å². The zero-order chi connectivity index (χ0) is 19.8. The Morgan fingerprint density at radius 1 is 1.21 bits per heavy atom. The second kappa shape index (κ2) is 11.0. The SMILES string of the molecule is CCN1CCCC1CNC(=NC)NCC(c1ccc(Cl)cc1)N1CCOCC1. The number of benzene rings is 1. The van der Waals surface area contributed by atoms with Gasteiger partial charge in [0.15, 0.2) is 5.96 Å². The summed E-state index contributed by atoms with van der Waals surface area (Å²) in [4.78, 5) is 9.46. The maximum atomic E-state index is 6.10. The molecule has 3 rings (SSSR count). The lowest BCUT2D eigenvalue weighted by atomic mass is 10.0. The summed E-state index contributed by atoms with van der Waals surface area (Å²) in [6.07, 6.45) is 2.56. The summed E-state index contributed by atoms with van der Waals surface area (Å²) in [5.74, 6) is 0.871. The molecular formula is C21H34ClN5O. The highest BCUT2D eigenvalue weighted by molar-refractivity contribution is 6.30. The van der Waals surface area contributed by atoms with Crippen molar-refractivity contribution in [3.63, 3.8) is 0 Å².